The molecule has 0 aromatic carbocycles. The van der Waals surface area contributed by atoms with Crippen LogP contribution in [0.3, 0.4) is 0 Å². The molecule has 0 amide bonds. The van der Waals surface area contributed by atoms with E-state index in [0.29, 0.717) is 25.2 Å². The summed E-state index contributed by atoms with van der Waals surface area (Å²) in [6, 6.07) is 0.610. The van der Waals surface area contributed by atoms with Crippen LogP contribution in [-0.4, -0.2) is 82.5 Å². The lowest BCUT2D eigenvalue weighted by atomic mass is 10.4. The van der Waals surface area contributed by atoms with Crippen LogP contribution in [-0.2, 0) is 18.6 Å². The highest BCUT2D eigenvalue weighted by atomic mass is 28.4. The van der Waals surface area contributed by atoms with Crippen molar-refractivity contribution in [3.8, 4) is 0 Å². The summed E-state index contributed by atoms with van der Waals surface area (Å²) in [5.74, 6) is 0. The van der Waals surface area contributed by atoms with E-state index in [9.17, 15) is 4.80 Å². The molecule has 8 heteroatoms. The predicted molar refractivity (Wildman–Crippen MR) is 89.6 cm³/mol. The SMILES string of the molecule is CCCCOCC1CO1.CO[Si](C)(O)CCCOCC(O)CO. The van der Waals surface area contributed by atoms with Crippen molar-refractivity contribution in [1.29, 1.82) is 0 Å². The van der Waals surface area contributed by atoms with Crippen molar-refractivity contribution in [3.63, 3.8) is 0 Å². The monoisotopic (exact) mass is 354 g/mol. The van der Waals surface area contributed by atoms with Gasteiger partial charge in [0, 0.05) is 20.3 Å². The second kappa shape index (κ2) is 14.3. The second-order valence-corrected chi connectivity index (χ2v) is 9.04. The third-order valence-electron chi connectivity index (χ3n) is 3.24. The van der Waals surface area contributed by atoms with Crippen molar-refractivity contribution >= 4 is 8.56 Å². The summed E-state index contributed by atoms with van der Waals surface area (Å²) in [6.07, 6.45) is 2.71. The molecule has 7 nitrogen and oxygen atoms in total. The Kier molecular flexibility index (Phi) is 14.3. The first-order valence-electron chi connectivity index (χ1n) is 8.28. The second-order valence-electron chi connectivity index (χ2n) is 5.78. The highest BCUT2D eigenvalue weighted by Crippen LogP contribution is 2.09. The van der Waals surface area contributed by atoms with Gasteiger partial charge < -0.3 is 33.6 Å². The fourth-order valence-electron chi connectivity index (χ4n) is 1.50. The van der Waals surface area contributed by atoms with Crippen molar-refractivity contribution in [2.45, 2.75) is 51.0 Å². The minimum Gasteiger partial charge on any atom is -0.411 e. The van der Waals surface area contributed by atoms with Gasteiger partial charge in [-0.25, -0.2) is 0 Å². The van der Waals surface area contributed by atoms with Crippen molar-refractivity contribution < 1.29 is 33.6 Å². The summed E-state index contributed by atoms with van der Waals surface area (Å²) < 4.78 is 20.2. The number of hydrogen-bond donors (Lipinski definition) is 3. The van der Waals surface area contributed by atoms with Crippen molar-refractivity contribution in [1.82, 2.24) is 0 Å². The van der Waals surface area contributed by atoms with Crippen molar-refractivity contribution in [2.75, 3.05) is 46.8 Å². The summed E-state index contributed by atoms with van der Waals surface area (Å²) >= 11 is 0. The van der Waals surface area contributed by atoms with E-state index in [1.165, 1.54) is 20.0 Å². The van der Waals surface area contributed by atoms with Gasteiger partial charge in [-0.05, 0) is 25.4 Å². The van der Waals surface area contributed by atoms with E-state index in [-0.39, 0.29) is 13.2 Å². The molecule has 0 aliphatic carbocycles. The van der Waals surface area contributed by atoms with Crippen LogP contribution in [0.5, 0.6) is 0 Å². The molecule has 1 fully saturated rings. The zero-order chi connectivity index (χ0) is 17.6. The summed E-state index contributed by atoms with van der Waals surface area (Å²) in [6.45, 7) is 6.80. The van der Waals surface area contributed by atoms with Gasteiger partial charge in [0.1, 0.15) is 12.2 Å². The van der Waals surface area contributed by atoms with Crippen LogP contribution in [0.25, 0.3) is 0 Å². The molecule has 1 rings (SSSR count). The van der Waals surface area contributed by atoms with Gasteiger partial charge in [-0.1, -0.05) is 13.3 Å². The molecule has 0 spiro atoms. The fourth-order valence-corrected chi connectivity index (χ4v) is 2.51. The molecular weight excluding hydrogens is 320 g/mol. The van der Waals surface area contributed by atoms with Gasteiger partial charge >= 0.3 is 8.56 Å². The number of aliphatic hydroxyl groups is 2. The number of aliphatic hydroxyl groups excluding tert-OH is 2. The summed E-state index contributed by atoms with van der Waals surface area (Å²) in [7, 11) is -0.952. The highest BCUT2D eigenvalue weighted by Gasteiger charge is 2.24. The predicted octanol–water partition coefficient (Wildman–Crippen LogP) is 0.659. The fraction of sp³-hybridized carbons (Fsp3) is 1.00. The van der Waals surface area contributed by atoms with E-state index in [0.717, 1.165) is 19.8 Å². The van der Waals surface area contributed by atoms with E-state index >= 15 is 0 Å². The Morgan fingerprint density at radius 1 is 1.26 bits per heavy atom. The maximum Gasteiger partial charge on any atom is 0.332 e. The number of hydrogen-bond acceptors (Lipinski definition) is 7. The quantitative estimate of drug-likeness (QED) is 0.254. The molecule has 1 saturated heterocycles. The van der Waals surface area contributed by atoms with Crippen LogP contribution in [0.4, 0.5) is 0 Å². The smallest absolute Gasteiger partial charge is 0.332 e. The van der Waals surface area contributed by atoms with Gasteiger partial charge in [0.2, 0.25) is 0 Å². The van der Waals surface area contributed by atoms with Gasteiger partial charge in [0.15, 0.2) is 0 Å². The number of unbranched alkanes of at least 4 members (excludes halogenated alkanes) is 1. The zero-order valence-electron chi connectivity index (χ0n) is 14.7. The van der Waals surface area contributed by atoms with Gasteiger partial charge in [-0.2, -0.15) is 0 Å². The zero-order valence-corrected chi connectivity index (χ0v) is 15.7. The topological polar surface area (TPSA) is 101 Å². The third kappa shape index (κ3) is 16.6. The first kappa shape index (κ1) is 22.9. The van der Waals surface area contributed by atoms with E-state index < -0.39 is 14.7 Å². The standard InChI is InChI=1S/C8H20O5Si.C7H14O2/c1-12-14(2,11)5-3-4-13-7-8(10)6-9;1-2-3-4-8-5-7-6-9-7/h8-11H,3-7H2,1-2H3;7H,2-6H2,1H3. The number of ether oxygens (including phenoxy) is 3. The molecule has 3 atom stereocenters. The summed E-state index contributed by atoms with van der Waals surface area (Å²) in [5, 5.41) is 17.4. The van der Waals surface area contributed by atoms with Crippen LogP contribution < -0.4 is 0 Å². The highest BCUT2D eigenvalue weighted by molar-refractivity contribution is 6.64. The van der Waals surface area contributed by atoms with Crippen LogP contribution in [0, 0.1) is 0 Å². The first-order chi connectivity index (χ1) is 10.9. The lowest BCUT2D eigenvalue weighted by Gasteiger charge is -2.17. The average Bonchev–Trinajstić information content (AvgIpc) is 3.36. The normalized spacial score (nSPS) is 20.3. The molecule has 0 aromatic rings. The maximum atomic E-state index is 9.55. The molecule has 0 saturated carbocycles. The van der Waals surface area contributed by atoms with Crippen LogP contribution in [0.2, 0.25) is 12.6 Å². The Hall–Kier alpha value is -0.0631. The lowest BCUT2D eigenvalue weighted by molar-refractivity contribution is 0.00617. The molecule has 3 unspecified atom stereocenters. The Balaban J connectivity index is 0.000000459. The molecule has 140 valence electrons. The van der Waals surface area contributed by atoms with Gasteiger partial charge in [-0.15, -0.1) is 0 Å². The van der Waals surface area contributed by atoms with Crippen LogP contribution in [0.15, 0.2) is 0 Å². The van der Waals surface area contributed by atoms with Crippen LogP contribution in [0.1, 0.15) is 26.2 Å². The number of rotatable bonds is 13. The largest absolute Gasteiger partial charge is 0.411 e. The maximum absolute atomic E-state index is 9.55. The van der Waals surface area contributed by atoms with Gasteiger partial charge in [-0.3, -0.25) is 0 Å². The first-order valence-corrected chi connectivity index (χ1v) is 10.8. The lowest BCUT2D eigenvalue weighted by Crippen LogP contribution is -2.33. The average molecular weight is 355 g/mol. The molecule has 23 heavy (non-hydrogen) atoms. The van der Waals surface area contributed by atoms with Crippen LogP contribution >= 0.6 is 0 Å². The molecule has 0 aromatic heterocycles. The Bertz CT molecular complexity index is 262. The third-order valence-corrected chi connectivity index (χ3v) is 5.40. The Morgan fingerprint density at radius 3 is 2.43 bits per heavy atom. The molecule has 3 N–H and O–H groups in total. The Morgan fingerprint density at radius 2 is 1.91 bits per heavy atom. The molecule has 1 heterocycles. The minimum atomic E-state index is -2.45. The number of epoxide rings is 1. The molecular formula is C15H34O7Si. The van der Waals surface area contributed by atoms with E-state index in [1.807, 2.05) is 0 Å². The minimum absolute atomic E-state index is 0.132. The van der Waals surface area contributed by atoms with E-state index in [4.69, 9.17) is 28.8 Å². The van der Waals surface area contributed by atoms with Gasteiger partial charge in [0.25, 0.3) is 0 Å². The van der Waals surface area contributed by atoms with Crippen molar-refractivity contribution in [2.24, 2.45) is 0 Å². The summed E-state index contributed by atoms with van der Waals surface area (Å²) in [4.78, 5) is 9.55. The van der Waals surface area contributed by atoms with E-state index in [1.54, 1.807) is 6.55 Å². The van der Waals surface area contributed by atoms with E-state index in [2.05, 4.69) is 6.92 Å². The Labute approximate surface area is 140 Å². The summed E-state index contributed by atoms with van der Waals surface area (Å²) in [5.41, 5.74) is 0. The molecule has 0 radical (unpaired) electrons. The van der Waals surface area contributed by atoms with Gasteiger partial charge in [0.05, 0.1) is 26.4 Å². The molecule has 1 aliphatic rings. The molecule has 1 aliphatic heterocycles. The molecule has 0 bridgehead atoms. The van der Waals surface area contributed by atoms with Crippen molar-refractivity contribution in [3.05, 3.63) is 0 Å².